The van der Waals surface area contributed by atoms with Crippen molar-refractivity contribution in [2.45, 2.75) is 45.6 Å². The molecule has 2 amide bonds. The van der Waals surface area contributed by atoms with Crippen molar-refractivity contribution in [2.24, 2.45) is 5.92 Å². The van der Waals surface area contributed by atoms with E-state index in [-0.39, 0.29) is 30.4 Å². The summed E-state index contributed by atoms with van der Waals surface area (Å²) in [5, 5.41) is 11.6. The Kier molecular flexibility index (Phi) is 9.16. The third-order valence-corrected chi connectivity index (χ3v) is 3.29. The van der Waals surface area contributed by atoms with Crippen LogP contribution in [0.4, 0.5) is 4.79 Å². The number of carboxylic acid groups (broad SMARTS) is 1. The summed E-state index contributed by atoms with van der Waals surface area (Å²) >= 11 is 0. The number of hydrogen-bond acceptors (Lipinski definition) is 4. The van der Waals surface area contributed by atoms with Gasteiger partial charge in [0.15, 0.2) is 0 Å². The van der Waals surface area contributed by atoms with Gasteiger partial charge < -0.3 is 20.1 Å². The van der Waals surface area contributed by atoms with Crippen LogP contribution in [0.1, 0.15) is 39.5 Å². The summed E-state index contributed by atoms with van der Waals surface area (Å²) in [5.41, 5.74) is 0. The lowest BCUT2D eigenvalue weighted by Gasteiger charge is -2.21. The lowest BCUT2D eigenvalue weighted by Crippen LogP contribution is -2.42. The van der Waals surface area contributed by atoms with Gasteiger partial charge in [-0.25, -0.2) is 4.79 Å². The number of hydrogen-bond donors (Lipinski definition) is 2. The number of rotatable bonds is 9. The van der Waals surface area contributed by atoms with E-state index in [0.29, 0.717) is 19.4 Å². The Bertz CT molecular complexity index is 359. The highest BCUT2D eigenvalue weighted by Crippen LogP contribution is 2.09. The van der Waals surface area contributed by atoms with Gasteiger partial charge in [0, 0.05) is 19.6 Å². The zero-order valence-electron chi connectivity index (χ0n) is 13.2. The maximum atomic E-state index is 11.8. The van der Waals surface area contributed by atoms with Crippen LogP contribution >= 0.6 is 0 Å². The Morgan fingerprint density at radius 1 is 1.24 bits per heavy atom. The first-order valence-corrected chi connectivity index (χ1v) is 7.09. The second kappa shape index (κ2) is 10.0. The van der Waals surface area contributed by atoms with Crippen molar-refractivity contribution in [1.29, 1.82) is 0 Å². The van der Waals surface area contributed by atoms with Gasteiger partial charge in [-0.15, -0.1) is 0 Å². The second-order valence-electron chi connectivity index (χ2n) is 5.27. The van der Waals surface area contributed by atoms with E-state index in [1.165, 1.54) is 12.0 Å². The highest BCUT2D eigenvalue weighted by atomic mass is 16.5. The maximum Gasteiger partial charge on any atom is 0.317 e. The molecule has 2 N–H and O–H groups in total. The van der Waals surface area contributed by atoms with Crippen LogP contribution < -0.4 is 5.32 Å². The Labute approximate surface area is 125 Å². The van der Waals surface area contributed by atoms with Gasteiger partial charge in [-0.2, -0.15) is 0 Å². The minimum atomic E-state index is -0.797. The van der Waals surface area contributed by atoms with Crippen molar-refractivity contribution < 1.29 is 24.2 Å². The first-order chi connectivity index (χ1) is 9.77. The van der Waals surface area contributed by atoms with Crippen molar-refractivity contribution >= 4 is 18.0 Å². The minimum absolute atomic E-state index is 0.0425. The van der Waals surface area contributed by atoms with Crippen LogP contribution in [0.3, 0.4) is 0 Å². The van der Waals surface area contributed by atoms with Crippen LogP contribution in [-0.4, -0.2) is 54.7 Å². The molecule has 0 rings (SSSR count). The molecule has 0 saturated carbocycles. The number of esters is 1. The molecule has 0 aliphatic heterocycles. The Morgan fingerprint density at radius 2 is 1.86 bits per heavy atom. The highest BCUT2D eigenvalue weighted by molar-refractivity contribution is 5.75. The molecular weight excluding hydrogens is 276 g/mol. The summed E-state index contributed by atoms with van der Waals surface area (Å²) in [5.74, 6) is -1.52. The van der Waals surface area contributed by atoms with E-state index in [1.807, 2.05) is 6.92 Å². The average molecular weight is 302 g/mol. The van der Waals surface area contributed by atoms with Crippen molar-refractivity contribution in [1.82, 2.24) is 10.2 Å². The Morgan fingerprint density at radius 3 is 2.38 bits per heavy atom. The topological polar surface area (TPSA) is 95.9 Å². The van der Waals surface area contributed by atoms with Gasteiger partial charge in [0.2, 0.25) is 0 Å². The van der Waals surface area contributed by atoms with E-state index in [4.69, 9.17) is 5.11 Å². The molecule has 0 heterocycles. The number of ether oxygens (including phenoxy) is 1. The van der Waals surface area contributed by atoms with Crippen LogP contribution in [0.5, 0.6) is 0 Å². The summed E-state index contributed by atoms with van der Waals surface area (Å²) in [7, 11) is 2.92. The molecule has 0 bridgehead atoms. The Balaban J connectivity index is 3.92. The molecule has 122 valence electrons. The molecule has 0 radical (unpaired) electrons. The first kappa shape index (κ1) is 19.2. The SMILES string of the molecule is COC(=O)CCN(C)C(=O)NC(C)CCCC(C)C(=O)O. The molecule has 0 aromatic carbocycles. The van der Waals surface area contributed by atoms with Crippen LogP contribution in [0.2, 0.25) is 0 Å². The number of nitrogens with one attached hydrogen (secondary N) is 1. The average Bonchev–Trinajstić information content (AvgIpc) is 2.43. The van der Waals surface area contributed by atoms with Crippen LogP contribution in [0.15, 0.2) is 0 Å². The number of carboxylic acids is 1. The second-order valence-corrected chi connectivity index (χ2v) is 5.27. The molecule has 2 unspecified atom stereocenters. The molecule has 0 aliphatic rings. The normalized spacial score (nSPS) is 13.1. The van der Waals surface area contributed by atoms with Gasteiger partial charge in [0.25, 0.3) is 0 Å². The van der Waals surface area contributed by atoms with E-state index in [2.05, 4.69) is 10.1 Å². The fourth-order valence-electron chi connectivity index (χ4n) is 1.71. The molecule has 0 fully saturated rings. The fraction of sp³-hybridized carbons (Fsp3) is 0.786. The van der Waals surface area contributed by atoms with Crippen LogP contribution in [0, 0.1) is 5.92 Å². The first-order valence-electron chi connectivity index (χ1n) is 7.09. The van der Waals surface area contributed by atoms with Gasteiger partial charge in [0.05, 0.1) is 19.4 Å². The summed E-state index contributed by atoms with van der Waals surface area (Å²) in [6, 6.07) is -0.295. The lowest BCUT2D eigenvalue weighted by atomic mass is 10.0. The molecule has 7 heteroatoms. The van der Waals surface area contributed by atoms with E-state index < -0.39 is 5.97 Å². The third-order valence-electron chi connectivity index (χ3n) is 3.29. The molecule has 21 heavy (non-hydrogen) atoms. The molecule has 0 aromatic rings. The van der Waals surface area contributed by atoms with Gasteiger partial charge in [0.1, 0.15) is 0 Å². The zero-order valence-corrected chi connectivity index (χ0v) is 13.2. The van der Waals surface area contributed by atoms with Gasteiger partial charge in [-0.1, -0.05) is 13.3 Å². The van der Waals surface area contributed by atoms with Gasteiger partial charge in [-0.05, 0) is 19.8 Å². The van der Waals surface area contributed by atoms with Gasteiger partial charge in [-0.3, -0.25) is 9.59 Å². The molecule has 0 spiro atoms. The molecule has 0 saturated heterocycles. The predicted octanol–water partition coefficient (Wildman–Crippen LogP) is 1.47. The van der Waals surface area contributed by atoms with E-state index in [0.717, 1.165) is 6.42 Å². The van der Waals surface area contributed by atoms with Crippen molar-refractivity contribution in [2.75, 3.05) is 20.7 Å². The quantitative estimate of drug-likeness (QED) is 0.629. The standard InChI is InChI=1S/C14H26N2O5/c1-10(13(18)19)6-5-7-11(2)15-14(20)16(3)9-8-12(17)21-4/h10-11H,5-9H2,1-4H3,(H,15,20)(H,18,19). The minimum Gasteiger partial charge on any atom is -0.481 e. The number of aliphatic carboxylic acids is 1. The van der Waals surface area contributed by atoms with Crippen LogP contribution in [-0.2, 0) is 14.3 Å². The summed E-state index contributed by atoms with van der Waals surface area (Å²) in [4.78, 5) is 34.9. The lowest BCUT2D eigenvalue weighted by molar-refractivity contribution is -0.142. The van der Waals surface area contributed by atoms with Gasteiger partial charge >= 0.3 is 18.0 Å². The predicted molar refractivity (Wildman–Crippen MR) is 77.9 cm³/mol. The number of carbonyl (C=O) groups excluding carboxylic acids is 2. The smallest absolute Gasteiger partial charge is 0.317 e. The molecular formula is C14H26N2O5. The van der Waals surface area contributed by atoms with E-state index in [9.17, 15) is 14.4 Å². The fourth-order valence-corrected chi connectivity index (χ4v) is 1.71. The zero-order chi connectivity index (χ0) is 16.4. The summed E-state index contributed by atoms with van der Waals surface area (Å²) < 4.78 is 4.51. The Hall–Kier alpha value is -1.79. The maximum absolute atomic E-state index is 11.8. The molecule has 7 nitrogen and oxygen atoms in total. The van der Waals surface area contributed by atoms with Crippen molar-refractivity contribution in [3.8, 4) is 0 Å². The summed E-state index contributed by atoms with van der Waals surface area (Å²) in [6.45, 7) is 3.84. The summed E-state index contributed by atoms with van der Waals surface area (Å²) in [6.07, 6.45) is 2.20. The van der Waals surface area contributed by atoms with Crippen molar-refractivity contribution in [3.05, 3.63) is 0 Å². The monoisotopic (exact) mass is 302 g/mol. The molecule has 0 aliphatic carbocycles. The number of nitrogens with zero attached hydrogens (tertiary/aromatic N) is 1. The highest BCUT2D eigenvalue weighted by Gasteiger charge is 2.15. The third kappa shape index (κ3) is 8.88. The number of urea groups is 1. The van der Waals surface area contributed by atoms with Crippen LogP contribution in [0.25, 0.3) is 0 Å². The molecule has 0 aromatic heterocycles. The molecule has 2 atom stereocenters. The van der Waals surface area contributed by atoms with E-state index in [1.54, 1.807) is 14.0 Å². The van der Waals surface area contributed by atoms with Crippen molar-refractivity contribution in [3.63, 3.8) is 0 Å². The number of carbonyl (C=O) groups is 3. The van der Waals surface area contributed by atoms with E-state index >= 15 is 0 Å². The largest absolute Gasteiger partial charge is 0.481 e. The number of methoxy groups -OCH3 is 1. The number of amides is 2.